The first-order valence-electron chi connectivity index (χ1n) is 8.91. The zero-order chi connectivity index (χ0) is 21.3. The first-order valence-corrected chi connectivity index (χ1v) is 8.91. The molecule has 1 saturated heterocycles. The van der Waals surface area contributed by atoms with Gasteiger partial charge in [-0.15, -0.1) is 0 Å². The Labute approximate surface area is 164 Å². The van der Waals surface area contributed by atoms with Crippen molar-refractivity contribution in [2.24, 2.45) is 4.99 Å². The molecule has 154 valence electrons. The van der Waals surface area contributed by atoms with Crippen molar-refractivity contribution >= 4 is 17.4 Å². The third-order valence-corrected chi connectivity index (χ3v) is 4.66. The summed E-state index contributed by atoms with van der Waals surface area (Å²) >= 11 is 0. The van der Waals surface area contributed by atoms with Crippen molar-refractivity contribution in [3.8, 4) is 17.0 Å². The Kier molecular flexibility index (Phi) is 5.45. The van der Waals surface area contributed by atoms with Gasteiger partial charge in [-0.2, -0.15) is 13.2 Å². The molecular weight excluding hydrogens is 387 g/mol. The number of phenols is 1. The molecule has 0 aliphatic carbocycles. The number of aromatic nitrogens is 2. The van der Waals surface area contributed by atoms with Gasteiger partial charge in [-0.3, -0.25) is 9.79 Å². The van der Waals surface area contributed by atoms with Gasteiger partial charge in [0.25, 0.3) is 0 Å². The van der Waals surface area contributed by atoms with Crippen LogP contribution in [0.3, 0.4) is 0 Å². The molecule has 10 heteroatoms. The molecule has 1 unspecified atom stereocenters. The Hall–Kier alpha value is -3.17. The lowest BCUT2D eigenvalue weighted by molar-refractivity contribution is -0.137. The van der Waals surface area contributed by atoms with Crippen LogP contribution in [0.1, 0.15) is 36.6 Å². The van der Waals surface area contributed by atoms with Crippen molar-refractivity contribution in [2.45, 2.75) is 38.9 Å². The number of nitrogens with one attached hydrogen (secondary N) is 1. The summed E-state index contributed by atoms with van der Waals surface area (Å²) in [6, 6.07) is 1.50. The fourth-order valence-corrected chi connectivity index (χ4v) is 3.23. The number of nitrogens with two attached hydrogens (primary N) is 1. The van der Waals surface area contributed by atoms with Crippen LogP contribution < -0.4 is 11.1 Å². The van der Waals surface area contributed by atoms with Crippen LogP contribution in [0.5, 0.6) is 5.75 Å². The Morgan fingerprint density at radius 3 is 2.66 bits per heavy atom. The van der Waals surface area contributed by atoms with Crippen LogP contribution in [-0.4, -0.2) is 39.3 Å². The number of alkyl halides is 3. The Balaban J connectivity index is 1.91. The number of nitrogen functional groups attached to an aromatic ring is 1. The summed E-state index contributed by atoms with van der Waals surface area (Å²) in [5.41, 5.74) is 6.42. The molecule has 3 rings (SSSR count). The third kappa shape index (κ3) is 4.47. The van der Waals surface area contributed by atoms with E-state index in [-0.39, 0.29) is 34.6 Å². The average molecular weight is 407 g/mol. The standard InChI is InChI=1S/C19H20F3N5O2/c1-9-5-11(19(20,21)22)6-14(28)16(9)13-8-25-17(18(23)27-13)10(2)26-12-3-4-15(29)24-7-12/h5-6,8,12,28H,3-4,7H2,1-2H3,(H2,23,27)(H,24,29). The van der Waals surface area contributed by atoms with Crippen LogP contribution >= 0.6 is 0 Å². The molecule has 0 radical (unpaired) electrons. The number of aryl methyl sites for hydroxylation is 1. The second-order valence-corrected chi connectivity index (χ2v) is 6.89. The molecular formula is C19H20F3N5O2. The maximum Gasteiger partial charge on any atom is 0.416 e. The number of benzene rings is 1. The molecule has 1 aromatic heterocycles. The normalized spacial score (nSPS) is 17.9. The summed E-state index contributed by atoms with van der Waals surface area (Å²) in [5.74, 6) is -0.520. The number of phenolic OH excluding ortho intramolecular Hbond substituents is 1. The molecule has 0 saturated carbocycles. The van der Waals surface area contributed by atoms with E-state index in [1.165, 1.54) is 13.1 Å². The van der Waals surface area contributed by atoms with E-state index >= 15 is 0 Å². The highest BCUT2D eigenvalue weighted by molar-refractivity contribution is 6.01. The number of amides is 1. The number of carbonyl (C=O) groups is 1. The van der Waals surface area contributed by atoms with Gasteiger partial charge in [-0.05, 0) is 38.0 Å². The highest BCUT2D eigenvalue weighted by Crippen LogP contribution is 2.38. The van der Waals surface area contributed by atoms with E-state index in [1.807, 2.05) is 0 Å². The van der Waals surface area contributed by atoms with Crippen molar-refractivity contribution in [3.05, 3.63) is 35.2 Å². The van der Waals surface area contributed by atoms with Gasteiger partial charge in [-0.25, -0.2) is 9.97 Å². The molecule has 2 aromatic rings. The van der Waals surface area contributed by atoms with Gasteiger partial charge in [0.05, 0.1) is 29.2 Å². The van der Waals surface area contributed by atoms with Gasteiger partial charge >= 0.3 is 6.18 Å². The van der Waals surface area contributed by atoms with Gasteiger partial charge in [0.15, 0.2) is 5.82 Å². The largest absolute Gasteiger partial charge is 0.507 e. The van der Waals surface area contributed by atoms with Crippen molar-refractivity contribution in [2.75, 3.05) is 12.3 Å². The Morgan fingerprint density at radius 2 is 2.10 bits per heavy atom. The summed E-state index contributed by atoms with van der Waals surface area (Å²) in [6.45, 7) is 3.59. The molecule has 1 amide bonds. The third-order valence-electron chi connectivity index (χ3n) is 4.66. The maximum absolute atomic E-state index is 12.9. The molecule has 4 N–H and O–H groups in total. The minimum Gasteiger partial charge on any atom is -0.507 e. The number of halogens is 3. The highest BCUT2D eigenvalue weighted by Gasteiger charge is 2.32. The van der Waals surface area contributed by atoms with Crippen molar-refractivity contribution in [3.63, 3.8) is 0 Å². The van der Waals surface area contributed by atoms with Crippen LogP contribution in [0.25, 0.3) is 11.3 Å². The summed E-state index contributed by atoms with van der Waals surface area (Å²) in [6.07, 6.45) is -2.22. The number of hydrogen-bond acceptors (Lipinski definition) is 6. The summed E-state index contributed by atoms with van der Waals surface area (Å²) in [4.78, 5) is 24.2. The van der Waals surface area contributed by atoms with Crippen molar-refractivity contribution < 1.29 is 23.1 Å². The van der Waals surface area contributed by atoms with E-state index < -0.39 is 17.5 Å². The number of carbonyl (C=O) groups excluding carboxylic acids is 1. The van der Waals surface area contributed by atoms with Crippen LogP contribution in [0, 0.1) is 6.92 Å². The SMILES string of the molecule is CC(=NC1CCC(=O)NC1)c1ncc(-c2c(C)cc(C(F)(F)F)cc2O)nc1N. The summed E-state index contributed by atoms with van der Waals surface area (Å²) in [7, 11) is 0. The zero-order valence-electron chi connectivity index (χ0n) is 15.8. The molecule has 0 bridgehead atoms. The minimum absolute atomic E-state index is 0.00974. The predicted octanol–water partition coefficient (Wildman–Crippen LogP) is 2.85. The number of aliphatic imine (C=N–C) groups is 1. The number of anilines is 1. The summed E-state index contributed by atoms with van der Waals surface area (Å²) < 4.78 is 38.7. The van der Waals surface area contributed by atoms with Crippen molar-refractivity contribution in [1.29, 1.82) is 0 Å². The minimum atomic E-state index is -4.57. The Bertz CT molecular complexity index is 955. The van der Waals surface area contributed by atoms with Crippen molar-refractivity contribution in [1.82, 2.24) is 15.3 Å². The lowest BCUT2D eigenvalue weighted by Gasteiger charge is -2.19. The van der Waals surface area contributed by atoms with Gasteiger partial charge < -0.3 is 16.2 Å². The Morgan fingerprint density at radius 1 is 1.38 bits per heavy atom. The highest BCUT2D eigenvalue weighted by atomic mass is 19.4. The van der Waals surface area contributed by atoms with E-state index in [9.17, 15) is 23.1 Å². The number of nitrogens with zero attached hydrogens (tertiary/aromatic N) is 3. The lowest BCUT2D eigenvalue weighted by atomic mass is 10.0. The molecule has 7 nitrogen and oxygen atoms in total. The number of aromatic hydroxyl groups is 1. The zero-order valence-corrected chi connectivity index (χ0v) is 15.8. The maximum atomic E-state index is 12.9. The van der Waals surface area contributed by atoms with E-state index in [1.54, 1.807) is 6.92 Å². The smallest absolute Gasteiger partial charge is 0.416 e. The molecule has 1 aromatic carbocycles. The molecule has 2 heterocycles. The number of rotatable bonds is 3. The number of hydrogen-bond donors (Lipinski definition) is 3. The van der Waals surface area contributed by atoms with Gasteiger partial charge in [0.2, 0.25) is 5.91 Å². The van der Waals surface area contributed by atoms with E-state index in [2.05, 4.69) is 20.3 Å². The van der Waals surface area contributed by atoms with Crippen LogP contribution in [0.15, 0.2) is 23.3 Å². The van der Waals surface area contributed by atoms with E-state index in [0.717, 1.165) is 6.07 Å². The second-order valence-electron chi connectivity index (χ2n) is 6.89. The fourth-order valence-electron chi connectivity index (χ4n) is 3.23. The summed E-state index contributed by atoms with van der Waals surface area (Å²) in [5, 5.41) is 12.9. The quantitative estimate of drug-likeness (QED) is 0.677. The van der Waals surface area contributed by atoms with Gasteiger partial charge in [-0.1, -0.05) is 0 Å². The average Bonchev–Trinajstić information content (AvgIpc) is 2.62. The fraction of sp³-hybridized carbons (Fsp3) is 0.368. The molecule has 1 atom stereocenters. The van der Waals surface area contributed by atoms with Crippen LogP contribution in [0.4, 0.5) is 19.0 Å². The predicted molar refractivity (Wildman–Crippen MR) is 102 cm³/mol. The molecule has 29 heavy (non-hydrogen) atoms. The van der Waals surface area contributed by atoms with E-state index in [4.69, 9.17) is 5.73 Å². The van der Waals surface area contributed by atoms with Crippen LogP contribution in [-0.2, 0) is 11.0 Å². The topological polar surface area (TPSA) is 113 Å². The number of piperidine rings is 1. The first kappa shape index (κ1) is 20.6. The van der Waals surface area contributed by atoms with Gasteiger partial charge in [0.1, 0.15) is 11.4 Å². The van der Waals surface area contributed by atoms with Crippen LogP contribution in [0.2, 0.25) is 0 Å². The second kappa shape index (κ2) is 7.69. The molecule has 1 aliphatic heterocycles. The first-order chi connectivity index (χ1) is 13.6. The monoisotopic (exact) mass is 407 g/mol. The molecule has 1 aliphatic rings. The molecule has 0 spiro atoms. The van der Waals surface area contributed by atoms with Gasteiger partial charge in [0, 0.05) is 18.5 Å². The van der Waals surface area contributed by atoms with E-state index in [0.29, 0.717) is 36.9 Å². The lowest BCUT2D eigenvalue weighted by Crippen LogP contribution is -2.37. The molecule has 1 fully saturated rings.